The Kier molecular flexibility index (Phi) is 6.78. The molecule has 0 radical (unpaired) electrons. The molecule has 138 valence electrons. The maximum atomic E-state index is 12.9. The quantitative estimate of drug-likeness (QED) is 0.794. The summed E-state index contributed by atoms with van der Waals surface area (Å²) in [5.74, 6) is 0.0531. The first kappa shape index (κ1) is 19.2. The highest BCUT2D eigenvalue weighted by atomic mass is 16.5. The van der Waals surface area contributed by atoms with Gasteiger partial charge in [0, 0.05) is 26.1 Å². The van der Waals surface area contributed by atoms with E-state index in [0.29, 0.717) is 24.5 Å². The third-order valence-corrected chi connectivity index (χ3v) is 4.11. The van der Waals surface area contributed by atoms with Crippen molar-refractivity contribution in [2.24, 2.45) is 5.73 Å². The van der Waals surface area contributed by atoms with Gasteiger partial charge in [0.05, 0.1) is 31.5 Å². The smallest absolute Gasteiger partial charge is 0.241 e. The molecule has 0 aliphatic carbocycles. The molecular formula is C18H27N3O4. The topological polar surface area (TPSA) is 85.1 Å². The van der Waals surface area contributed by atoms with Crippen LogP contribution in [-0.2, 0) is 14.3 Å². The lowest BCUT2D eigenvalue weighted by Gasteiger charge is -2.36. The van der Waals surface area contributed by atoms with E-state index in [1.807, 2.05) is 32.0 Å². The number of amides is 2. The molecule has 1 aromatic carbocycles. The maximum absolute atomic E-state index is 12.9. The Morgan fingerprint density at radius 1 is 1.28 bits per heavy atom. The molecular weight excluding hydrogens is 322 g/mol. The van der Waals surface area contributed by atoms with Gasteiger partial charge in [0.1, 0.15) is 5.75 Å². The second-order valence-corrected chi connectivity index (χ2v) is 6.38. The van der Waals surface area contributed by atoms with Crippen LogP contribution in [0.2, 0.25) is 0 Å². The number of primary amides is 1. The monoisotopic (exact) mass is 349 g/mol. The van der Waals surface area contributed by atoms with Crippen molar-refractivity contribution in [3.8, 4) is 5.75 Å². The number of anilines is 1. The van der Waals surface area contributed by atoms with E-state index >= 15 is 0 Å². The van der Waals surface area contributed by atoms with Gasteiger partial charge < -0.3 is 20.1 Å². The molecule has 2 atom stereocenters. The number of morpholine rings is 1. The standard InChI is InChI=1S/C18H27N3O4/c1-13-10-20(11-14(2)25-13)12-18(23)21(9-8-17(19)22)15-6-4-5-7-16(15)24-3/h4-7,13-14H,8-12H2,1-3H3,(H2,19,22). The van der Waals surface area contributed by atoms with E-state index in [-0.39, 0.29) is 37.6 Å². The van der Waals surface area contributed by atoms with E-state index in [9.17, 15) is 9.59 Å². The number of carbonyl (C=O) groups is 2. The van der Waals surface area contributed by atoms with Gasteiger partial charge in [-0.2, -0.15) is 0 Å². The van der Waals surface area contributed by atoms with Crippen LogP contribution >= 0.6 is 0 Å². The number of ether oxygens (including phenoxy) is 2. The minimum atomic E-state index is -0.443. The molecule has 2 amide bonds. The highest BCUT2D eigenvalue weighted by molar-refractivity contribution is 5.96. The van der Waals surface area contributed by atoms with Crippen molar-refractivity contribution < 1.29 is 19.1 Å². The summed E-state index contributed by atoms with van der Waals surface area (Å²) in [5, 5.41) is 0. The van der Waals surface area contributed by atoms with Crippen LogP contribution in [0.5, 0.6) is 5.75 Å². The number of benzene rings is 1. The Morgan fingerprint density at radius 2 is 1.92 bits per heavy atom. The highest BCUT2D eigenvalue weighted by Gasteiger charge is 2.27. The number of methoxy groups -OCH3 is 1. The first-order valence-corrected chi connectivity index (χ1v) is 8.50. The molecule has 1 aliphatic rings. The van der Waals surface area contributed by atoms with Crippen LogP contribution in [0.25, 0.3) is 0 Å². The number of nitrogens with zero attached hydrogens (tertiary/aromatic N) is 2. The minimum absolute atomic E-state index is 0.0851. The van der Waals surface area contributed by atoms with E-state index < -0.39 is 5.91 Å². The zero-order valence-corrected chi connectivity index (χ0v) is 15.1. The average molecular weight is 349 g/mol. The van der Waals surface area contributed by atoms with Gasteiger partial charge in [0.15, 0.2) is 0 Å². The molecule has 2 rings (SSSR count). The largest absolute Gasteiger partial charge is 0.495 e. The van der Waals surface area contributed by atoms with Crippen molar-refractivity contribution >= 4 is 17.5 Å². The van der Waals surface area contributed by atoms with Gasteiger partial charge in [-0.3, -0.25) is 14.5 Å². The number of carbonyl (C=O) groups excluding carboxylic acids is 2. The Bertz CT molecular complexity index is 598. The van der Waals surface area contributed by atoms with Gasteiger partial charge >= 0.3 is 0 Å². The lowest BCUT2D eigenvalue weighted by molar-refractivity contribution is -0.123. The van der Waals surface area contributed by atoms with Crippen LogP contribution in [0.15, 0.2) is 24.3 Å². The molecule has 7 heteroatoms. The Hall–Kier alpha value is -2.12. The summed E-state index contributed by atoms with van der Waals surface area (Å²) in [4.78, 5) is 27.8. The Balaban J connectivity index is 2.16. The molecule has 1 aliphatic heterocycles. The average Bonchev–Trinajstić information content (AvgIpc) is 2.54. The summed E-state index contributed by atoms with van der Waals surface area (Å²) in [6.07, 6.45) is 0.267. The molecule has 1 fully saturated rings. The van der Waals surface area contributed by atoms with Gasteiger partial charge in [-0.1, -0.05) is 12.1 Å². The van der Waals surface area contributed by atoms with Gasteiger partial charge in [0.25, 0.3) is 0 Å². The van der Waals surface area contributed by atoms with Crippen LogP contribution in [0.4, 0.5) is 5.69 Å². The summed E-state index contributed by atoms with van der Waals surface area (Å²) < 4.78 is 11.1. The number of nitrogens with two attached hydrogens (primary N) is 1. The number of hydrogen-bond donors (Lipinski definition) is 1. The third-order valence-electron chi connectivity index (χ3n) is 4.11. The predicted octanol–water partition coefficient (Wildman–Crippen LogP) is 1.01. The van der Waals surface area contributed by atoms with Crippen LogP contribution in [0.3, 0.4) is 0 Å². The Morgan fingerprint density at radius 3 is 2.52 bits per heavy atom. The minimum Gasteiger partial charge on any atom is -0.495 e. The second-order valence-electron chi connectivity index (χ2n) is 6.38. The number of para-hydroxylation sites is 2. The lowest BCUT2D eigenvalue weighted by Crippen LogP contribution is -2.50. The fraction of sp³-hybridized carbons (Fsp3) is 0.556. The first-order valence-electron chi connectivity index (χ1n) is 8.50. The van der Waals surface area contributed by atoms with E-state index in [2.05, 4.69) is 4.90 Å². The second kappa shape index (κ2) is 8.82. The molecule has 25 heavy (non-hydrogen) atoms. The summed E-state index contributed by atoms with van der Waals surface area (Å²) in [5.41, 5.74) is 5.92. The van der Waals surface area contributed by atoms with Crippen molar-refractivity contribution in [1.29, 1.82) is 0 Å². The fourth-order valence-corrected chi connectivity index (χ4v) is 3.14. The fourth-order valence-electron chi connectivity index (χ4n) is 3.14. The van der Waals surface area contributed by atoms with Crippen molar-refractivity contribution in [2.75, 3.05) is 38.2 Å². The molecule has 1 heterocycles. The van der Waals surface area contributed by atoms with Gasteiger partial charge in [-0.05, 0) is 26.0 Å². The molecule has 7 nitrogen and oxygen atoms in total. The lowest BCUT2D eigenvalue weighted by atomic mass is 10.2. The van der Waals surface area contributed by atoms with E-state index in [1.54, 1.807) is 18.1 Å². The molecule has 0 aromatic heterocycles. The molecule has 2 unspecified atom stereocenters. The summed E-state index contributed by atoms with van der Waals surface area (Å²) in [6.45, 7) is 5.88. The zero-order chi connectivity index (χ0) is 18.4. The number of hydrogen-bond acceptors (Lipinski definition) is 5. The van der Waals surface area contributed by atoms with Crippen LogP contribution in [0.1, 0.15) is 20.3 Å². The van der Waals surface area contributed by atoms with E-state index in [0.717, 1.165) is 0 Å². The zero-order valence-electron chi connectivity index (χ0n) is 15.1. The van der Waals surface area contributed by atoms with Crippen molar-refractivity contribution in [2.45, 2.75) is 32.5 Å². The van der Waals surface area contributed by atoms with Gasteiger partial charge in [-0.15, -0.1) is 0 Å². The van der Waals surface area contributed by atoms with Crippen molar-refractivity contribution in [3.63, 3.8) is 0 Å². The molecule has 2 N–H and O–H groups in total. The summed E-state index contributed by atoms with van der Waals surface area (Å²) in [7, 11) is 1.56. The van der Waals surface area contributed by atoms with Gasteiger partial charge in [-0.25, -0.2) is 0 Å². The molecule has 0 bridgehead atoms. The number of rotatable bonds is 7. The summed E-state index contributed by atoms with van der Waals surface area (Å²) in [6, 6.07) is 7.27. The first-order chi connectivity index (χ1) is 11.9. The van der Waals surface area contributed by atoms with Crippen LogP contribution in [-0.4, -0.2) is 62.2 Å². The normalized spacial score (nSPS) is 20.9. The SMILES string of the molecule is COc1ccccc1N(CCC(N)=O)C(=O)CN1CC(C)OC(C)C1. The Labute approximate surface area is 148 Å². The highest BCUT2D eigenvalue weighted by Crippen LogP contribution is 2.28. The van der Waals surface area contributed by atoms with E-state index in [4.69, 9.17) is 15.2 Å². The van der Waals surface area contributed by atoms with E-state index in [1.165, 1.54) is 0 Å². The van der Waals surface area contributed by atoms with Crippen molar-refractivity contribution in [3.05, 3.63) is 24.3 Å². The van der Waals surface area contributed by atoms with Gasteiger partial charge in [0.2, 0.25) is 11.8 Å². The predicted molar refractivity (Wildman–Crippen MR) is 95.6 cm³/mol. The molecule has 1 aromatic rings. The maximum Gasteiger partial charge on any atom is 0.241 e. The van der Waals surface area contributed by atoms with Crippen LogP contribution < -0.4 is 15.4 Å². The molecule has 1 saturated heterocycles. The molecule has 0 saturated carbocycles. The summed E-state index contributed by atoms with van der Waals surface area (Å²) >= 11 is 0. The van der Waals surface area contributed by atoms with Crippen LogP contribution in [0, 0.1) is 0 Å². The third kappa shape index (κ3) is 5.44. The molecule has 0 spiro atoms. The van der Waals surface area contributed by atoms with Crippen molar-refractivity contribution in [1.82, 2.24) is 4.90 Å².